The smallest absolute Gasteiger partial charge is 0.213 e. The van der Waals surface area contributed by atoms with Crippen molar-refractivity contribution >= 4 is 17.3 Å². The van der Waals surface area contributed by atoms with Crippen LogP contribution >= 0.6 is 11.6 Å². The molecule has 2 nitrogen and oxygen atoms in total. The van der Waals surface area contributed by atoms with Gasteiger partial charge in [0.2, 0.25) is 11.8 Å². The van der Waals surface area contributed by atoms with Crippen LogP contribution in [0, 0.1) is 5.92 Å². The van der Waals surface area contributed by atoms with E-state index in [0.29, 0.717) is 5.92 Å². The molecule has 0 spiro atoms. The summed E-state index contributed by atoms with van der Waals surface area (Å²) < 4.78 is 0. The number of nitrogens with one attached hydrogen (secondary N) is 2. The molecule has 0 bridgehead atoms. The molecule has 3 atom stereocenters. The molecule has 21 heavy (non-hydrogen) atoms. The summed E-state index contributed by atoms with van der Waals surface area (Å²) in [5.41, 5.74) is 6.69. The molecule has 2 N–H and O–H groups in total. The normalized spacial score (nSPS) is 34.2. The molecule has 5 aliphatic rings. The Hall–Kier alpha value is -2.06. The van der Waals surface area contributed by atoms with Gasteiger partial charge in [0.15, 0.2) is 0 Å². The third kappa shape index (κ3) is 1.51. The molecule has 0 radical (unpaired) electrons. The number of hydrogen-bond donors (Lipinski definition) is 2. The second-order valence-corrected chi connectivity index (χ2v) is 6.33. The van der Waals surface area contributed by atoms with Crippen molar-refractivity contribution < 1.29 is 4.99 Å². The van der Waals surface area contributed by atoms with Crippen LogP contribution in [0.3, 0.4) is 0 Å². The van der Waals surface area contributed by atoms with Crippen molar-refractivity contribution in [1.82, 2.24) is 5.32 Å². The topological polar surface area (TPSA) is 26.0 Å². The van der Waals surface area contributed by atoms with Crippen LogP contribution in [-0.2, 0) is 0 Å². The van der Waals surface area contributed by atoms with Crippen LogP contribution < -0.4 is 10.3 Å². The highest BCUT2D eigenvalue weighted by Gasteiger charge is 2.47. The molecule has 1 aliphatic heterocycles. The van der Waals surface area contributed by atoms with E-state index >= 15 is 0 Å². The Morgan fingerprint density at radius 1 is 1.05 bits per heavy atom. The first kappa shape index (κ1) is 11.6. The summed E-state index contributed by atoms with van der Waals surface area (Å²) in [6, 6.07) is 0.403. The van der Waals surface area contributed by atoms with Gasteiger partial charge in [-0.15, -0.1) is 0 Å². The second-order valence-electron chi connectivity index (χ2n) is 5.89. The van der Waals surface area contributed by atoms with E-state index in [9.17, 15) is 0 Å². The summed E-state index contributed by atoms with van der Waals surface area (Å²) in [4.78, 5) is 3.69. The lowest BCUT2D eigenvalue weighted by Crippen LogP contribution is -2.86. The summed E-state index contributed by atoms with van der Waals surface area (Å²) in [5, 5.41) is 4.47. The van der Waals surface area contributed by atoms with Crippen molar-refractivity contribution in [2.75, 3.05) is 0 Å². The Morgan fingerprint density at radius 2 is 1.95 bits per heavy atom. The van der Waals surface area contributed by atoms with Crippen LogP contribution in [0.15, 0.2) is 82.1 Å². The Kier molecular flexibility index (Phi) is 2.20. The van der Waals surface area contributed by atoms with E-state index < -0.39 is 0 Å². The van der Waals surface area contributed by atoms with Gasteiger partial charge in [-0.3, -0.25) is 0 Å². The molecular formula is C18H14ClN2+. The minimum atomic E-state index is 0.151. The Labute approximate surface area is 128 Å². The van der Waals surface area contributed by atoms with Gasteiger partial charge in [-0.2, -0.15) is 0 Å². The zero-order valence-electron chi connectivity index (χ0n) is 11.3. The molecule has 0 saturated carbocycles. The molecule has 102 valence electrons. The van der Waals surface area contributed by atoms with Gasteiger partial charge in [0.05, 0.1) is 5.70 Å². The summed E-state index contributed by atoms with van der Waals surface area (Å²) in [6.07, 6.45) is 19.3. The van der Waals surface area contributed by atoms with E-state index in [4.69, 9.17) is 11.6 Å². The monoisotopic (exact) mass is 293 g/mol. The minimum absolute atomic E-state index is 0.151. The molecule has 0 aromatic heterocycles. The van der Waals surface area contributed by atoms with Crippen molar-refractivity contribution in [3.63, 3.8) is 0 Å². The van der Waals surface area contributed by atoms with Gasteiger partial charge in [0.25, 0.3) is 0 Å². The molecule has 0 amide bonds. The highest BCUT2D eigenvalue weighted by Crippen LogP contribution is 2.44. The predicted octanol–water partition coefficient (Wildman–Crippen LogP) is 1.42. The van der Waals surface area contributed by atoms with Crippen molar-refractivity contribution in [2.24, 2.45) is 5.92 Å². The molecule has 1 heterocycles. The molecule has 0 fully saturated rings. The molecular weight excluding hydrogens is 280 g/mol. The first-order chi connectivity index (χ1) is 10.3. The van der Waals surface area contributed by atoms with E-state index in [1.165, 1.54) is 28.1 Å². The van der Waals surface area contributed by atoms with Crippen LogP contribution in [0.25, 0.3) is 0 Å². The van der Waals surface area contributed by atoms with Gasteiger partial charge < -0.3 is 5.32 Å². The van der Waals surface area contributed by atoms with E-state index in [2.05, 4.69) is 58.9 Å². The minimum Gasteiger partial charge on any atom is -0.367 e. The third-order valence-corrected chi connectivity index (χ3v) is 5.01. The van der Waals surface area contributed by atoms with E-state index in [1.54, 1.807) is 0 Å². The molecule has 0 aromatic carbocycles. The molecule has 4 aliphatic carbocycles. The Balaban J connectivity index is 1.70. The maximum Gasteiger partial charge on any atom is 0.213 e. The van der Waals surface area contributed by atoms with Crippen LogP contribution in [0.5, 0.6) is 0 Å². The molecule has 0 aromatic rings. The van der Waals surface area contributed by atoms with Gasteiger partial charge in [-0.05, 0) is 23.3 Å². The largest absolute Gasteiger partial charge is 0.367 e. The highest BCUT2D eigenvalue weighted by atomic mass is 35.5. The fraction of sp³-hybridized carbons (Fsp3) is 0.167. The summed E-state index contributed by atoms with van der Waals surface area (Å²) in [6.45, 7) is 0. The molecule has 3 unspecified atom stereocenters. The maximum absolute atomic E-state index is 6.14. The average Bonchev–Trinajstić information content (AvgIpc) is 2.82. The van der Waals surface area contributed by atoms with Gasteiger partial charge in [-0.25, -0.2) is 4.99 Å². The summed E-state index contributed by atoms with van der Waals surface area (Å²) >= 11 is 6.14. The fourth-order valence-corrected chi connectivity index (χ4v) is 4.05. The zero-order chi connectivity index (χ0) is 14.0. The predicted molar refractivity (Wildman–Crippen MR) is 84.7 cm³/mol. The van der Waals surface area contributed by atoms with Gasteiger partial charge in [0, 0.05) is 22.6 Å². The zero-order valence-corrected chi connectivity index (χ0v) is 12.1. The molecule has 5 rings (SSSR count). The fourth-order valence-electron chi connectivity index (χ4n) is 3.86. The van der Waals surface area contributed by atoms with Crippen LogP contribution in [0.1, 0.15) is 0 Å². The number of fused-ring (bicyclic) bond motifs is 3. The lowest BCUT2D eigenvalue weighted by molar-refractivity contribution is -0.485. The number of rotatable bonds is 0. The van der Waals surface area contributed by atoms with Crippen molar-refractivity contribution in [1.29, 1.82) is 0 Å². The van der Waals surface area contributed by atoms with Crippen LogP contribution in [-0.4, -0.2) is 17.8 Å². The van der Waals surface area contributed by atoms with Crippen molar-refractivity contribution in [2.45, 2.75) is 12.1 Å². The first-order valence-electron chi connectivity index (χ1n) is 7.27. The standard InChI is InChI=1S/C18H13ClN2/c19-11-7-8-14-15(9-11)21-18-13-6-2-4-10-3-1-5-12(16(10)13)17(18)20-14/h1-9,15-17,21H/p+1. The first-order valence-corrected chi connectivity index (χ1v) is 7.65. The SMILES string of the molecule is ClC1=CC2NC3=C4C=CC=C5C=CC=C(C3[NH+]=C2C=C1)C54. The van der Waals surface area contributed by atoms with Crippen LogP contribution in [0.4, 0.5) is 0 Å². The Bertz CT molecular complexity index is 799. The van der Waals surface area contributed by atoms with Gasteiger partial charge >= 0.3 is 0 Å². The highest BCUT2D eigenvalue weighted by molar-refractivity contribution is 6.32. The number of halogens is 1. The van der Waals surface area contributed by atoms with Crippen molar-refractivity contribution in [3.8, 4) is 0 Å². The quantitative estimate of drug-likeness (QED) is 0.694. The second kappa shape index (κ2) is 3.99. The lowest BCUT2D eigenvalue weighted by atomic mass is 9.82. The third-order valence-electron chi connectivity index (χ3n) is 4.76. The van der Waals surface area contributed by atoms with Crippen LogP contribution in [0.2, 0.25) is 0 Å². The number of hydrogen-bond acceptors (Lipinski definition) is 1. The van der Waals surface area contributed by atoms with Gasteiger partial charge in [0.1, 0.15) is 6.04 Å². The van der Waals surface area contributed by atoms with E-state index in [1.807, 2.05) is 6.08 Å². The van der Waals surface area contributed by atoms with Crippen molar-refractivity contribution in [3.05, 3.63) is 82.1 Å². The lowest BCUT2D eigenvalue weighted by Gasteiger charge is -2.25. The van der Waals surface area contributed by atoms with E-state index in [0.717, 1.165) is 5.03 Å². The van der Waals surface area contributed by atoms with Gasteiger partial charge in [-0.1, -0.05) is 48.1 Å². The number of allylic oxidation sites excluding steroid dienone is 10. The molecule has 3 heteroatoms. The maximum atomic E-state index is 6.14. The Morgan fingerprint density at radius 3 is 2.90 bits per heavy atom. The molecule has 0 saturated heterocycles. The summed E-state index contributed by atoms with van der Waals surface area (Å²) in [5.74, 6) is 0.407. The van der Waals surface area contributed by atoms with E-state index in [-0.39, 0.29) is 12.1 Å². The average molecular weight is 294 g/mol. The summed E-state index contributed by atoms with van der Waals surface area (Å²) in [7, 11) is 0.